The van der Waals surface area contributed by atoms with Gasteiger partial charge in [-0.1, -0.05) is 6.07 Å². The molecule has 19 heavy (non-hydrogen) atoms. The number of carbonyl (C=O) groups is 2. The van der Waals surface area contributed by atoms with Crippen molar-refractivity contribution < 1.29 is 14.3 Å². The number of rotatable bonds is 3. The summed E-state index contributed by atoms with van der Waals surface area (Å²) in [6.45, 7) is 1.57. The Bertz CT molecular complexity index is 633. The molecule has 0 saturated carbocycles. The fourth-order valence-electron chi connectivity index (χ4n) is 1.60. The second-order valence-corrected chi connectivity index (χ2v) is 4.06. The van der Waals surface area contributed by atoms with Crippen LogP contribution in [0.15, 0.2) is 18.2 Å². The largest absolute Gasteiger partial charge is 0.465 e. The number of aromatic amines is 1. The highest BCUT2D eigenvalue weighted by atomic mass is 16.5. The zero-order valence-corrected chi connectivity index (χ0v) is 10.6. The number of amides is 1. The molecular formula is C12H14N4O3. The molecule has 0 aliphatic carbocycles. The summed E-state index contributed by atoms with van der Waals surface area (Å²) in [5.74, 6) is -0.602. The van der Waals surface area contributed by atoms with Crippen LogP contribution in [-0.4, -0.2) is 35.0 Å². The molecule has 2 rings (SSSR count). The van der Waals surface area contributed by atoms with Gasteiger partial charge in [-0.15, -0.1) is 0 Å². The fourth-order valence-corrected chi connectivity index (χ4v) is 1.60. The number of fused-ring (bicyclic) bond motifs is 1. The summed E-state index contributed by atoms with van der Waals surface area (Å²) in [5.41, 5.74) is 6.85. The Kier molecular flexibility index (Phi) is 3.48. The van der Waals surface area contributed by atoms with Crippen LogP contribution in [0, 0.1) is 0 Å². The lowest BCUT2D eigenvalue weighted by Crippen LogP contribution is -2.32. The van der Waals surface area contributed by atoms with E-state index in [9.17, 15) is 9.59 Å². The van der Waals surface area contributed by atoms with Gasteiger partial charge in [0.15, 0.2) is 0 Å². The van der Waals surface area contributed by atoms with E-state index < -0.39 is 12.0 Å². The number of anilines is 1. The summed E-state index contributed by atoms with van der Waals surface area (Å²) in [7, 11) is 1.30. The third kappa shape index (κ3) is 2.55. The van der Waals surface area contributed by atoms with Crippen molar-refractivity contribution in [2.45, 2.75) is 13.0 Å². The molecule has 1 aromatic carbocycles. The molecule has 1 amide bonds. The van der Waals surface area contributed by atoms with Crippen molar-refractivity contribution in [3.8, 4) is 0 Å². The molecular weight excluding hydrogens is 248 g/mol. The molecule has 0 spiro atoms. The Morgan fingerprint density at radius 3 is 2.84 bits per heavy atom. The first-order chi connectivity index (χ1) is 9.02. The highest BCUT2D eigenvalue weighted by Gasteiger charge is 2.15. The van der Waals surface area contributed by atoms with Gasteiger partial charge in [-0.25, -0.2) is 9.78 Å². The average Bonchev–Trinajstić information content (AvgIpc) is 2.79. The van der Waals surface area contributed by atoms with E-state index in [-0.39, 0.29) is 11.9 Å². The van der Waals surface area contributed by atoms with Crippen LogP contribution in [-0.2, 0) is 9.53 Å². The molecule has 0 saturated heterocycles. The van der Waals surface area contributed by atoms with Crippen LogP contribution >= 0.6 is 0 Å². The van der Waals surface area contributed by atoms with Crippen molar-refractivity contribution in [2.24, 2.45) is 5.73 Å². The third-order valence-electron chi connectivity index (χ3n) is 2.57. The number of ether oxygens (including phenoxy) is 1. The SMILES string of the molecule is COC(=O)c1cccc2[nH]c(NC(=O)C(C)N)nc12. The minimum atomic E-state index is -0.645. The molecule has 1 heterocycles. The van der Waals surface area contributed by atoms with Gasteiger partial charge in [0, 0.05) is 0 Å². The maximum atomic E-state index is 11.6. The van der Waals surface area contributed by atoms with Gasteiger partial charge >= 0.3 is 5.97 Å². The number of nitrogens with one attached hydrogen (secondary N) is 2. The molecule has 0 bridgehead atoms. The molecule has 2 aromatic rings. The van der Waals surface area contributed by atoms with Crippen LogP contribution in [0.25, 0.3) is 11.0 Å². The van der Waals surface area contributed by atoms with Crippen LogP contribution in [0.4, 0.5) is 5.95 Å². The van der Waals surface area contributed by atoms with Gasteiger partial charge in [-0.3, -0.25) is 10.1 Å². The Balaban J connectivity index is 2.40. The molecule has 0 aliphatic rings. The number of benzene rings is 1. The minimum absolute atomic E-state index is 0.244. The van der Waals surface area contributed by atoms with Gasteiger partial charge in [0.25, 0.3) is 0 Å². The molecule has 1 unspecified atom stereocenters. The molecule has 4 N–H and O–H groups in total. The summed E-state index contributed by atoms with van der Waals surface area (Å²) in [6.07, 6.45) is 0. The first-order valence-corrected chi connectivity index (χ1v) is 5.66. The van der Waals surface area contributed by atoms with Gasteiger partial charge < -0.3 is 15.5 Å². The predicted molar refractivity (Wildman–Crippen MR) is 69.7 cm³/mol. The van der Waals surface area contributed by atoms with Crippen LogP contribution in [0.1, 0.15) is 17.3 Å². The summed E-state index contributed by atoms with van der Waals surface area (Å²) in [4.78, 5) is 30.1. The van der Waals surface area contributed by atoms with Crippen molar-refractivity contribution >= 4 is 28.9 Å². The number of imidazole rings is 1. The van der Waals surface area contributed by atoms with Gasteiger partial charge in [-0.05, 0) is 19.1 Å². The Morgan fingerprint density at radius 1 is 1.47 bits per heavy atom. The zero-order chi connectivity index (χ0) is 14.0. The number of nitrogens with zero attached hydrogens (tertiary/aromatic N) is 1. The van der Waals surface area contributed by atoms with E-state index in [4.69, 9.17) is 5.73 Å². The number of aromatic nitrogens is 2. The van der Waals surface area contributed by atoms with Gasteiger partial charge in [0.2, 0.25) is 11.9 Å². The molecule has 7 nitrogen and oxygen atoms in total. The standard InChI is InChI=1S/C12H14N4O3/c1-6(13)10(17)16-12-14-8-5-3-4-7(9(8)15-12)11(18)19-2/h3-6H,13H2,1-2H3,(H2,14,15,16,17). The van der Waals surface area contributed by atoms with E-state index in [1.54, 1.807) is 25.1 Å². The van der Waals surface area contributed by atoms with Crippen molar-refractivity contribution in [1.29, 1.82) is 0 Å². The Hall–Kier alpha value is -2.41. The van der Waals surface area contributed by atoms with Crippen molar-refractivity contribution in [3.05, 3.63) is 23.8 Å². The number of esters is 1. The molecule has 0 aliphatic heterocycles. The second kappa shape index (κ2) is 5.07. The lowest BCUT2D eigenvalue weighted by Gasteiger charge is -2.03. The quantitative estimate of drug-likeness (QED) is 0.703. The first-order valence-electron chi connectivity index (χ1n) is 5.66. The van der Waals surface area contributed by atoms with E-state index in [2.05, 4.69) is 20.0 Å². The average molecular weight is 262 g/mol. The second-order valence-electron chi connectivity index (χ2n) is 4.06. The maximum Gasteiger partial charge on any atom is 0.340 e. The van der Waals surface area contributed by atoms with Gasteiger partial charge in [0.1, 0.15) is 5.52 Å². The fraction of sp³-hybridized carbons (Fsp3) is 0.250. The number of para-hydroxylation sites is 1. The molecule has 1 atom stereocenters. The number of hydrogen-bond acceptors (Lipinski definition) is 5. The number of methoxy groups -OCH3 is 1. The van der Waals surface area contributed by atoms with Crippen LogP contribution in [0.3, 0.4) is 0 Å². The van der Waals surface area contributed by atoms with E-state index in [0.29, 0.717) is 16.6 Å². The summed E-state index contributed by atoms with van der Waals surface area (Å²) in [6, 6.07) is 4.40. The lowest BCUT2D eigenvalue weighted by atomic mass is 10.2. The van der Waals surface area contributed by atoms with Crippen molar-refractivity contribution in [2.75, 3.05) is 12.4 Å². The van der Waals surface area contributed by atoms with E-state index in [0.717, 1.165) is 0 Å². The summed E-state index contributed by atoms with van der Waals surface area (Å²) in [5, 5.41) is 2.53. The first kappa shape index (κ1) is 13.0. The third-order valence-corrected chi connectivity index (χ3v) is 2.57. The normalized spacial score (nSPS) is 12.2. The smallest absolute Gasteiger partial charge is 0.340 e. The maximum absolute atomic E-state index is 11.6. The highest BCUT2D eigenvalue weighted by molar-refractivity contribution is 6.03. The van der Waals surface area contributed by atoms with E-state index in [1.807, 2.05) is 0 Å². The van der Waals surface area contributed by atoms with Crippen molar-refractivity contribution in [1.82, 2.24) is 9.97 Å². The number of H-pyrrole nitrogens is 1. The summed E-state index contributed by atoms with van der Waals surface area (Å²) < 4.78 is 4.67. The van der Waals surface area contributed by atoms with E-state index in [1.165, 1.54) is 7.11 Å². The molecule has 1 aromatic heterocycles. The number of carbonyl (C=O) groups excluding carboxylic acids is 2. The van der Waals surface area contributed by atoms with Gasteiger partial charge in [0.05, 0.1) is 24.2 Å². The monoisotopic (exact) mass is 262 g/mol. The predicted octanol–water partition coefficient (Wildman–Crippen LogP) is 0.635. The minimum Gasteiger partial charge on any atom is -0.465 e. The Morgan fingerprint density at radius 2 is 2.21 bits per heavy atom. The lowest BCUT2D eigenvalue weighted by molar-refractivity contribution is -0.117. The van der Waals surface area contributed by atoms with Crippen molar-refractivity contribution in [3.63, 3.8) is 0 Å². The van der Waals surface area contributed by atoms with Crippen LogP contribution in [0.5, 0.6) is 0 Å². The van der Waals surface area contributed by atoms with Crippen LogP contribution < -0.4 is 11.1 Å². The molecule has 0 radical (unpaired) electrons. The van der Waals surface area contributed by atoms with Crippen LogP contribution in [0.2, 0.25) is 0 Å². The van der Waals surface area contributed by atoms with E-state index >= 15 is 0 Å². The Labute approximate surface area is 109 Å². The summed E-state index contributed by atoms with van der Waals surface area (Å²) >= 11 is 0. The zero-order valence-electron chi connectivity index (χ0n) is 10.6. The number of hydrogen-bond donors (Lipinski definition) is 3. The number of nitrogens with two attached hydrogens (primary N) is 1. The topological polar surface area (TPSA) is 110 Å². The molecule has 100 valence electrons. The molecule has 0 fully saturated rings. The molecule has 7 heteroatoms. The van der Waals surface area contributed by atoms with Gasteiger partial charge in [-0.2, -0.15) is 0 Å². The highest BCUT2D eigenvalue weighted by Crippen LogP contribution is 2.19.